The minimum absolute atomic E-state index is 0. The van der Waals surface area contributed by atoms with E-state index in [4.69, 9.17) is 0 Å². The van der Waals surface area contributed by atoms with Crippen molar-refractivity contribution in [1.29, 1.82) is 0 Å². The topological polar surface area (TPSA) is 0 Å². The summed E-state index contributed by atoms with van der Waals surface area (Å²) in [6.07, 6.45) is 18.2. The van der Waals surface area contributed by atoms with Crippen molar-refractivity contribution < 1.29 is 0 Å². The number of hydrogen-bond donors (Lipinski definition) is 0. The van der Waals surface area contributed by atoms with Gasteiger partial charge in [0.05, 0.1) is 0 Å². The molecule has 0 aliphatic rings. The van der Waals surface area contributed by atoms with E-state index in [2.05, 4.69) is 30.9 Å². The molecule has 0 saturated heterocycles. The number of allylic oxidation sites excluding steroid dienone is 11. The largest absolute Gasteiger partial charge is 0.0991 e. The van der Waals surface area contributed by atoms with Gasteiger partial charge in [-0.25, -0.2) is 0 Å². The fraction of sp³-hybridized carbons (Fsp3) is 0.429. The highest BCUT2D eigenvalue weighted by molar-refractivity contribution is 5.48. The van der Waals surface area contributed by atoms with Crippen LogP contribution in [0.2, 0.25) is 0 Å². The van der Waals surface area contributed by atoms with Crippen molar-refractivity contribution in [2.75, 3.05) is 0 Å². The lowest BCUT2D eigenvalue weighted by atomic mass is 10.0. The molecule has 0 aromatic rings. The van der Waals surface area contributed by atoms with E-state index in [1.807, 2.05) is 72.8 Å². The molecule has 0 heteroatoms. The molecule has 0 radical (unpaired) electrons. The maximum absolute atomic E-state index is 3.67. The summed E-state index contributed by atoms with van der Waals surface area (Å²) in [5.74, 6) is 0. The van der Waals surface area contributed by atoms with E-state index >= 15 is 0 Å². The summed E-state index contributed by atoms with van der Waals surface area (Å²) in [5.41, 5.74) is 2.40. The Morgan fingerprint density at radius 2 is 1.24 bits per heavy atom. The van der Waals surface area contributed by atoms with Crippen molar-refractivity contribution >= 4 is 0 Å². The zero-order valence-corrected chi connectivity index (χ0v) is 13.9. The highest BCUT2D eigenvalue weighted by Crippen LogP contribution is 2.13. The van der Waals surface area contributed by atoms with E-state index in [0.717, 1.165) is 0 Å². The minimum atomic E-state index is 0. The number of hydrogen-bond acceptors (Lipinski definition) is 0. The van der Waals surface area contributed by atoms with Crippen LogP contribution >= 0.6 is 0 Å². The lowest BCUT2D eigenvalue weighted by Gasteiger charge is -2.01. The summed E-state index contributed by atoms with van der Waals surface area (Å²) in [6.45, 7) is 17.7. The van der Waals surface area contributed by atoms with Crippen molar-refractivity contribution in [3.05, 3.63) is 72.4 Å². The zero-order chi connectivity index (χ0) is 15.5. The molecule has 0 fully saturated rings. The van der Waals surface area contributed by atoms with Crippen LogP contribution in [0.25, 0.3) is 0 Å². The van der Waals surface area contributed by atoms with Crippen LogP contribution in [-0.4, -0.2) is 0 Å². The van der Waals surface area contributed by atoms with Crippen LogP contribution in [0.3, 0.4) is 0 Å². The van der Waals surface area contributed by atoms with Crippen LogP contribution in [-0.2, 0) is 0 Å². The van der Waals surface area contributed by atoms with Crippen LogP contribution in [0.5, 0.6) is 0 Å². The van der Waals surface area contributed by atoms with E-state index in [1.165, 1.54) is 11.1 Å². The molecule has 0 spiro atoms. The molecule has 0 aliphatic carbocycles. The van der Waals surface area contributed by atoms with Gasteiger partial charge in [0, 0.05) is 0 Å². The molecule has 0 heterocycles. The molecule has 0 rings (SSSR count). The number of rotatable bonds is 5. The lowest BCUT2D eigenvalue weighted by Crippen LogP contribution is -1.82. The van der Waals surface area contributed by atoms with Gasteiger partial charge in [0.25, 0.3) is 0 Å². The van der Waals surface area contributed by atoms with Crippen molar-refractivity contribution in [3.8, 4) is 0 Å². The Hall–Kier alpha value is -1.56. The fourth-order valence-corrected chi connectivity index (χ4v) is 1.16. The summed E-state index contributed by atoms with van der Waals surface area (Å²) < 4.78 is 0. The van der Waals surface area contributed by atoms with Crippen molar-refractivity contribution in [1.82, 2.24) is 0 Å². The second-order valence-corrected chi connectivity index (χ2v) is 2.99. The first-order chi connectivity index (χ1) is 9.29. The molecule has 0 bridgehead atoms. The molecule has 0 aromatic heterocycles. The Kier molecular flexibility index (Phi) is 46.9. The van der Waals surface area contributed by atoms with E-state index in [-0.39, 0.29) is 14.9 Å². The Morgan fingerprint density at radius 1 is 0.714 bits per heavy atom. The standard InChI is InChI=1S/C15H20.2C2H6.2CH4/c1-5-9-12-14(8-4)15(11-7-3)13-10-6-2;2*1-2;;/h5-13H,1H2,2-4H3;2*1-2H3;2*1H4/b10-6-,11-7-,12-9-,14-8+,15-13+;;;;. The summed E-state index contributed by atoms with van der Waals surface area (Å²) >= 11 is 0. The lowest BCUT2D eigenvalue weighted by molar-refractivity contribution is 1.48. The first kappa shape index (κ1) is 31.7. The third kappa shape index (κ3) is 20.9. The fourth-order valence-electron chi connectivity index (χ4n) is 1.16. The maximum Gasteiger partial charge on any atom is -0.0191 e. The highest BCUT2D eigenvalue weighted by Gasteiger charge is 1.94. The molecule has 0 N–H and O–H groups in total. The summed E-state index contributed by atoms with van der Waals surface area (Å²) in [4.78, 5) is 0. The minimum Gasteiger partial charge on any atom is -0.0991 e. The highest BCUT2D eigenvalue weighted by atomic mass is 14.0. The predicted octanol–water partition coefficient (Wildman–Crippen LogP) is 8.08. The van der Waals surface area contributed by atoms with Gasteiger partial charge in [0.2, 0.25) is 0 Å². The molecule has 0 aromatic carbocycles. The summed E-state index contributed by atoms with van der Waals surface area (Å²) in [6, 6.07) is 0. The van der Waals surface area contributed by atoms with Gasteiger partial charge in [-0.2, -0.15) is 0 Å². The van der Waals surface area contributed by atoms with Crippen LogP contribution in [0.1, 0.15) is 63.3 Å². The van der Waals surface area contributed by atoms with Gasteiger partial charge < -0.3 is 0 Å². The van der Waals surface area contributed by atoms with E-state index in [9.17, 15) is 0 Å². The van der Waals surface area contributed by atoms with E-state index in [0.29, 0.717) is 0 Å². The van der Waals surface area contributed by atoms with Gasteiger partial charge in [0.1, 0.15) is 0 Å². The smallest absolute Gasteiger partial charge is 0.0191 e. The van der Waals surface area contributed by atoms with Gasteiger partial charge in [-0.05, 0) is 31.9 Å². The molecule has 124 valence electrons. The molecule has 0 saturated carbocycles. The predicted molar refractivity (Wildman–Crippen MR) is 107 cm³/mol. The van der Waals surface area contributed by atoms with E-state index < -0.39 is 0 Å². The maximum atomic E-state index is 3.67. The average molecular weight is 293 g/mol. The Labute approximate surface area is 136 Å². The first-order valence-corrected chi connectivity index (χ1v) is 7.21. The van der Waals surface area contributed by atoms with Crippen LogP contribution in [0.15, 0.2) is 72.4 Å². The Balaban J connectivity index is -0.000000130. The second-order valence-electron chi connectivity index (χ2n) is 2.99. The zero-order valence-electron chi connectivity index (χ0n) is 13.9. The molecular weight excluding hydrogens is 252 g/mol. The van der Waals surface area contributed by atoms with Gasteiger partial charge in [-0.1, -0.05) is 104 Å². The third-order valence-corrected chi connectivity index (χ3v) is 1.87. The van der Waals surface area contributed by atoms with Gasteiger partial charge >= 0.3 is 0 Å². The Bertz CT molecular complexity index is 320. The molecule has 0 unspecified atom stereocenters. The quantitative estimate of drug-likeness (QED) is 0.449. The van der Waals surface area contributed by atoms with Gasteiger partial charge in [-0.15, -0.1) is 0 Å². The van der Waals surface area contributed by atoms with Crippen molar-refractivity contribution in [3.63, 3.8) is 0 Å². The molecule has 0 amide bonds. The third-order valence-electron chi connectivity index (χ3n) is 1.87. The second kappa shape index (κ2) is 31.0. The summed E-state index contributed by atoms with van der Waals surface area (Å²) in [7, 11) is 0. The van der Waals surface area contributed by atoms with Crippen LogP contribution in [0, 0.1) is 0 Å². The molecular formula is C21H40. The average Bonchev–Trinajstić information content (AvgIpc) is 2.49. The SMILES string of the molecule is C.C.C=C\C=C/C(=C\C)C(/C=C\C)=C/C=C\C.CC.CC. The van der Waals surface area contributed by atoms with Gasteiger partial charge in [0.15, 0.2) is 0 Å². The van der Waals surface area contributed by atoms with Crippen LogP contribution in [0.4, 0.5) is 0 Å². The van der Waals surface area contributed by atoms with E-state index in [1.54, 1.807) is 6.08 Å². The summed E-state index contributed by atoms with van der Waals surface area (Å²) in [5, 5.41) is 0. The molecule has 0 atom stereocenters. The molecule has 21 heavy (non-hydrogen) atoms. The Morgan fingerprint density at radius 3 is 1.57 bits per heavy atom. The first-order valence-electron chi connectivity index (χ1n) is 7.21. The molecule has 0 nitrogen and oxygen atoms in total. The van der Waals surface area contributed by atoms with Crippen LogP contribution < -0.4 is 0 Å². The molecule has 0 aliphatic heterocycles. The van der Waals surface area contributed by atoms with Gasteiger partial charge in [-0.3, -0.25) is 0 Å². The van der Waals surface area contributed by atoms with Crippen molar-refractivity contribution in [2.45, 2.75) is 63.3 Å². The monoisotopic (exact) mass is 292 g/mol. The van der Waals surface area contributed by atoms with Crippen molar-refractivity contribution in [2.24, 2.45) is 0 Å². The normalized spacial score (nSPS) is 11.0.